The third-order valence-corrected chi connectivity index (χ3v) is 4.15. The summed E-state index contributed by atoms with van der Waals surface area (Å²) in [7, 11) is 0. The van der Waals surface area contributed by atoms with Gasteiger partial charge in [-0.3, -0.25) is 0 Å². The fraction of sp³-hybridized carbons (Fsp3) is 0.273. The van der Waals surface area contributed by atoms with Gasteiger partial charge in [0.05, 0.1) is 18.9 Å². The van der Waals surface area contributed by atoms with Crippen molar-refractivity contribution in [2.75, 3.05) is 6.61 Å². The van der Waals surface area contributed by atoms with Crippen LogP contribution in [0.15, 0.2) is 65.4 Å². The van der Waals surface area contributed by atoms with E-state index in [4.69, 9.17) is 13.9 Å². The molecule has 2 aromatic carbocycles. The monoisotopic (exact) mass is 351 g/mol. The van der Waals surface area contributed by atoms with Crippen LogP contribution in [0, 0.1) is 0 Å². The quantitative estimate of drug-likeness (QED) is 0.574. The van der Waals surface area contributed by atoms with Crippen molar-refractivity contribution in [1.29, 1.82) is 0 Å². The third kappa shape index (κ3) is 4.20. The Morgan fingerprint density at radius 1 is 1.12 bits per heavy atom. The van der Waals surface area contributed by atoms with Crippen LogP contribution in [-0.2, 0) is 6.61 Å². The first-order valence-electron chi connectivity index (χ1n) is 8.84. The molecule has 3 rings (SSSR count). The van der Waals surface area contributed by atoms with Crippen molar-refractivity contribution < 1.29 is 13.9 Å². The summed E-state index contributed by atoms with van der Waals surface area (Å²) in [6.07, 6.45) is 1.79. The largest absolute Gasteiger partial charge is 0.494 e. The van der Waals surface area contributed by atoms with Crippen molar-refractivity contribution in [3.63, 3.8) is 0 Å². The third-order valence-electron chi connectivity index (χ3n) is 4.15. The highest BCUT2D eigenvalue weighted by Gasteiger charge is 2.13. The van der Waals surface area contributed by atoms with Crippen molar-refractivity contribution in [3.8, 4) is 11.5 Å². The highest BCUT2D eigenvalue weighted by Crippen LogP contribution is 2.30. The summed E-state index contributed by atoms with van der Waals surface area (Å²) in [5, 5.41) is 4.40. The van der Waals surface area contributed by atoms with Crippen molar-refractivity contribution in [2.45, 2.75) is 33.4 Å². The second-order valence-corrected chi connectivity index (χ2v) is 6.36. The van der Waals surface area contributed by atoms with Crippen molar-refractivity contribution in [2.24, 2.45) is 0 Å². The number of benzene rings is 2. The van der Waals surface area contributed by atoms with E-state index in [1.165, 1.54) is 0 Å². The van der Waals surface area contributed by atoms with Crippen LogP contribution in [0.5, 0.6) is 11.5 Å². The molecule has 0 bridgehead atoms. The molecule has 3 aromatic rings. The summed E-state index contributed by atoms with van der Waals surface area (Å²) in [5.41, 5.74) is 3.95. The molecule has 1 atom stereocenters. The molecule has 0 amide bonds. The molecule has 0 aliphatic carbocycles. The van der Waals surface area contributed by atoms with E-state index in [0.717, 1.165) is 39.3 Å². The Kier molecular flexibility index (Phi) is 5.52. The van der Waals surface area contributed by atoms with Gasteiger partial charge in [0.1, 0.15) is 23.7 Å². The average Bonchev–Trinajstić information content (AvgIpc) is 3.04. The summed E-state index contributed by atoms with van der Waals surface area (Å²) in [4.78, 5) is 0. The normalized spacial score (nSPS) is 12.0. The summed E-state index contributed by atoms with van der Waals surface area (Å²) in [6.45, 7) is 11.1. The zero-order chi connectivity index (χ0) is 18.5. The molecule has 0 aliphatic rings. The minimum atomic E-state index is 0.143. The van der Waals surface area contributed by atoms with Crippen molar-refractivity contribution in [1.82, 2.24) is 5.32 Å². The van der Waals surface area contributed by atoms with E-state index in [1.807, 2.05) is 56.3 Å². The van der Waals surface area contributed by atoms with Gasteiger partial charge in [0.25, 0.3) is 0 Å². The zero-order valence-electron chi connectivity index (χ0n) is 15.5. The number of fused-ring (bicyclic) bond motifs is 1. The van der Waals surface area contributed by atoms with Crippen LogP contribution < -0.4 is 14.8 Å². The van der Waals surface area contributed by atoms with E-state index in [1.54, 1.807) is 6.26 Å². The first-order chi connectivity index (χ1) is 12.6. The standard InChI is InChI=1S/C22H25NO3/c1-5-24-18-8-6-17(7-9-18)13-25-19-10-11-20-21(14-26-22(20)12-19)16(4)23-15(2)3/h6-12,14,16,23H,2,5,13H2,1,3-4H3. The van der Waals surface area contributed by atoms with Gasteiger partial charge in [-0.15, -0.1) is 0 Å². The molecule has 0 spiro atoms. The van der Waals surface area contributed by atoms with E-state index in [-0.39, 0.29) is 6.04 Å². The maximum atomic E-state index is 5.90. The summed E-state index contributed by atoms with van der Waals surface area (Å²) < 4.78 is 17.1. The van der Waals surface area contributed by atoms with E-state index < -0.39 is 0 Å². The minimum absolute atomic E-state index is 0.143. The molecule has 0 radical (unpaired) electrons. The Balaban J connectivity index is 1.68. The molecular weight excluding hydrogens is 326 g/mol. The molecule has 1 heterocycles. The first-order valence-corrected chi connectivity index (χ1v) is 8.84. The molecule has 1 unspecified atom stereocenters. The molecule has 136 valence electrons. The SMILES string of the molecule is C=C(C)NC(C)c1coc2cc(OCc3ccc(OCC)cc3)ccc12. The molecule has 4 heteroatoms. The van der Waals surface area contributed by atoms with Gasteiger partial charge >= 0.3 is 0 Å². The van der Waals surface area contributed by atoms with E-state index in [2.05, 4.69) is 18.8 Å². The van der Waals surface area contributed by atoms with Gasteiger partial charge in [0.15, 0.2) is 0 Å². The molecule has 0 fully saturated rings. The van der Waals surface area contributed by atoms with Crippen LogP contribution in [0.25, 0.3) is 11.0 Å². The van der Waals surface area contributed by atoms with Crippen molar-refractivity contribution >= 4 is 11.0 Å². The fourth-order valence-electron chi connectivity index (χ4n) is 2.92. The lowest BCUT2D eigenvalue weighted by Crippen LogP contribution is -2.15. The second kappa shape index (κ2) is 8.00. The van der Waals surface area contributed by atoms with Crippen LogP contribution in [-0.4, -0.2) is 6.61 Å². The zero-order valence-corrected chi connectivity index (χ0v) is 15.5. The Labute approximate surface area is 154 Å². The van der Waals surface area contributed by atoms with E-state index in [9.17, 15) is 0 Å². The number of ether oxygens (including phenoxy) is 2. The molecule has 26 heavy (non-hydrogen) atoms. The van der Waals surface area contributed by atoms with Gasteiger partial charge in [0.2, 0.25) is 0 Å². The van der Waals surface area contributed by atoms with Crippen molar-refractivity contribution in [3.05, 3.63) is 72.1 Å². The summed E-state index contributed by atoms with van der Waals surface area (Å²) in [6, 6.07) is 14.0. The lowest BCUT2D eigenvalue weighted by molar-refractivity contribution is 0.305. The van der Waals surface area contributed by atoms with Gasteiger partial charge in [-0.25, -0.2) is 0 Å². The lowest BCUT2D eigenvalue weighted by atomic mass is 10.1. The molecule has 0 aliphatic heterocycles. The molecule has 0 saturated heterocycles. The number of hydrogen-bond donors (Lipinski definition) is 1. The predicted molar refractivity (Wildman–Crippen MR) is 105 cm³/mol. The van der Waals surface area contributed by atoms with E-state index >= 15 is 0 Å². The maximum absolute atomic E-state index is 5.90. The van der Waals surface area contributed by atoms with Crippen LogP contribution in [0.2, 0.25) is 0 Å². The first kappa shape index (κ1) is 17.9. The second-order valence-electron chi connectivity index (χ2n) is 6.36. The predicted octanol–water partition coefficient (Wildman–Crippen LogP) is 5.59. The molecule has 0 saturated carbocycles. The molecule has 1 N–H and O–H groups in total. The highest BCUT2D eigenvalue weighted by atomic mass is 16.5. The smallest absolute Gasteiger partial charge is 0.137 e. The van der Waals surface area contributed by atoms with Gasteiger partial charge in [0, 0.05) is 22.7 Å². The van der Waals surface area contributed by atoms with Gasteiger partial charge in [-0.2, -0.15) is 0 Å². The van der Waals surface area contributed by atoms with Crippen LogP contribution >= 0.6 is 0 Å². The molecular formula is C22H25NO3. The Morgan fingerprint density at radius 3 is 2.54 bits per heavy atom. The topological polar surface area (TPSA) is 43.6 Å². The maximum Gasteiger partial charge on any atom is 0.137 e. The van der Waals surface area contributed by atoms with Gasteiger partial charge in [-0.1, -0.05) is 18.7 Å². The minimum Gasteiger partial charge on any atom is -0.494 e. The number of furan rings is 1. The number of allylic oxidation sites excluding steroid dienone is 1. The van der Waals surface area contributed by atoms with Crippen LogP contribution in [0.4, 0.5) is 0 Å². The Morgan fingerprint density at radius 2 is 1.85 bits per heavy atom. The van der Waals surface area contributed by atoms with Crippen LogP contribution in [0.3, 0.4) is 0 Å². The van der Waals surface area contributed by atoms with E-state index in [0.29, 0.717) is 13.2 Å². The van der Waals surface area contributed by atoms with Crippen LogP contribution in [0.1, 0.15) is 37.9 Å². The van der Waals surface area contributed by atoms with Gasteiger partial charge in [-0.05, 0) is 50.6 Å². The Hall–Kier alpha value is -2.88. The lowest BCUT2D eigenvalue weighted by Gasteiger charge is -2.13. The fourth-order valence-corrected chi connectivity index (χ4v) is 2.92. The summed E-state index contributed by atoms with van der Waals surface area (Å²) >= 11 is 0. The number of nitrogens with one attached hydrogen (secondary N) is 1. The number of hydrogen-bond acceptors (Lipinski definition) is 4. The molecule has 1 aromatic heterocycles. The summed E-state index contributed by atoms with van der Waals surface area (Å²) in [5.74, 6) is 1.66. The average molecular weight is 351 g/mol. The molecule has 4 nitrogen and oxygen atoms in total. The highest BCUT2D eigenvalue weighted by molar-refractivity contribution is 5.82. The number of rotatable bonds is 8. The Bertz CT molecular complexity index is 880. The van der Waals surface area contributed by atoms with Gasteiger partial charge < -0.3 is 19.2 Å².